The molecule has 0 aliphatic carbocycles. The summed E-state index contributed by atoms with van der Waals surface area (Å²) in [5.74, 6) is 0. The van der Waals surface area contributed by atoms with E-state index >= 15 is 0 Å². The molecule has 19 heavy (non-hydrogen) atoms. The molecular formula is C16H22N2S. The molecule has 0 aliphatic heterocycles. The maximum atomic E-state index is 4.60. The standard InChI is InChI=1S/C16H22N2S/c1-12-13(2)19-16(18-12)11-7-10-15(17-3)14-8-5-4-6-9-14/h4-6,8-9,15,17H,7,10-11H2,1-3H3. The molecule has 0 saturated carbocycles. The van der Waals surface area contributed by atoms with E-state index in [0.717, 1.165) is 12.8 Å². The van der Waals surface area contributed by atoms with E-state index in [1.807, 2.05) is 18.4 Å². The van der Waals surface area contributed by atoms with Crippen molar-refractivity contribution in [3.05, 3.63) is 51.5 Å². The number of thiazole rings is 1. The van der Waals surface area contributed by atoms with Gasteiger partial charge in [-0.2, -0.15) is 0 Å². The molecule has 0 bridgehead atoms. The summed E-state index contributed by atoms with van der Waals surface area (Å²) >= 11 is 1.84. The summed E-state index contributed by atoms with van der Waals surface area (Å²) in [6, 6.07) is 11.1. The SMILES string of the molecule is CNC(CCCc1nc(C)c(C)s1)c1ccccc1. The van der Waals surface area contributed by atoms with Gasteiger partial charge >= 0.3 is 0 Å². The molecule has 0 amide bonds. The van der Waals surface area contributed by atoms with Gasteiger partial charge in [0.05, 0.1) is 10.7 Å². The molecule has 0 radical (unpaired) electrons. The van der Waals surface area contributed by atoms with Gasteiger partial charge in [0.2, 0.25) is 0 Å². The number of nitrogens with one attached hydrogen (secondary N) is 1. The number of aryl methyl sites for hydroxylation is 3. The molecule has 1 N–H and O–H groups in total. The van der Waals surface area contributed by atoms with Crippen molar-refractivity contribution >= 4 is 11.3 Å². The first kappa shape index (κ1) is 14.2. The molecule has 3 heteroatoms. The fourth-order valence-corrected chi connectivity index (χ4v) is 3.24. The molecule has 102 valence electrons. The Hall–Kier alpha value is -1.19. The van der Waals surface area contributed by atoms with Crippen molar-refractivity contribution in [1.29, 1.82) is 0 Å². The third kappa shape index (κ3) is 3.88. The Bertz CT molecular complexity index is 485. The lowest BCUT2D eigenvalue weighted by molar-refractivity contribution is 0.526. The minimum absolute atomic E-state index is 0.448. The number of benzene rings is 1. The Balaban J connectivity index is 1.87. The van der Waals surface area contributed by atoms with Gasteiger partial charge in [-0.05, 0) is 45.7 Å². The molecule has 2 rings (SSSR count). The first-order valence-electron chi connectivity index (χ1n) is 6.86. The second kappa shape index (κ2) is 6.83. The smallest absolute Gasteiger partial charge is 0.0930 e. The molecule has 2 nitrogen and oxygen atoms in total. The van der Waals surface area contributed by atoms with E-state index in [-0.39, 0.29) is 0 Å². The van der Waals surface area contributed by atoms with Crippen LogP contribution in [0.15, 0.2) is 30.3 Å². The maximum Gasteiger partial charge on any atom is 0.0930 e. The lowest BCUT2D eigenvalue weighted by atomic mass is 10.0. The minimum Gasteiger partial charge on any atom is -0.313 e. The lowest BCUT2D eigenvalue weighted by Crippen LogP contribution is -2.16. The fraction of sp³-hybridized carbons (Fsp3) is 0.438. The van der Waals surface area contributed by atoms with Crippen LogP contribution in [0.4, 0.5) is 0 Å². The molecule has 0 spiro atoms. The van der Waals surface area contributed by atoms with Gasteiger partial charge in [-0.25, -0.2) is 4.98 Å². The van der Waals surface area contributed by atoms with Gasteiger partial charge < -0.3 is 5.32 Å². The molecule has 0 aliphatic rings. The molecule has 0 saturated heterocycles. The average Bonchev–Trinajstić information content (AvgIpc) is 2.75. The van der Waals surface area contributed by atoms with Crippen molar-refractivity contribution in [2.45, 2.75) is 39.2 Å². The largest absolute Gasteiger partial charge is 0.313 e. The highest BCUT2D eigenvalue weighted by Crippen LogP contribution is 2.22. The first-order valence-corrected chi connectivity index (χ1v) is 7.67. The van der Waals surface area contributed by atoms with Crippen LogP contribution in [0.1, 0.15) is 40.0 Å². The Morgan fingerprint density at radius 2 is 1.95 bits per heavy atom. The zero-order valence-corrected chi connectivity index (χ0v) is 12.8. The van der Waals surface area contributed by atoms with Crippen LogP contribution in [0.2, 0.25) is 0 Å². The quantitative estimate of drug-likeness (QED) is 0.860. The van der Waals surface area contributed by atoms with Crippen molar-refractivity contribution < 1.29 is 0 Å². The van der Waals surface area contributed by atoms with Crippen molar-refractivity contribution in [3.63, 3.8) is 0 Å². The molecule has 1 unspecified atom stereocenters. The highest BCUT2D eigenvalue weighted by Gasteiger charge is 2.09. The minimum atomic E-state index is 0.448. The number of aromatic nitrogens is 1. The second-order valence-corrected chi connectivity index (χ2v) is 6.18. The van der Waals surface area contributed by atoms with Gasteiger partial charge in [0.15, 0.2) is 0 Å². The monoisotopic (exact) mass is 274 g/mol. The Morgan fingerprint density at radius 3 is 2.53 bits per heavy atom. The van der Waals surface area contributed by atoms with Crippen LogP contribution in [0.5, 0.6) is 0 Å². The molecule has 1 aromatic heterocycles. The van der Waals surface area contributed by atoms with Crippen LogP contribution >= 0.6 is 11.3 Å². The number of rotatable bonds is 6. The zero-order valence-electron chi connectivity index (χ0n) is 11.9. The van der Waals surface area contributed by atoms with E-state index < -0.39 is 0 Å². The van der Waals surface area contributed by atoms with Crippen LogP contribution in [0, 0.1) is 13.8 Å². The van der Waals surface area contributed by atoms with Gasteiger partial charge in [-0.1, -0.05) is 30.3 Å². The molecule has 0 fully saturated rings. The maximum absolute atomic E-state index is 4.60. The zero-order chi connectivity index (χ0) is 13.7. The van der Waals surface area contributed by atoms with E-state index in [4.69, 9.17) is 0 Å². The van der Waals surface area contributed by atoms with Crippen LogP contribution < -0.4 is 5.32 Å². The van der Waals surface area contributed by atoms with E-state index in [0.29, 0.717) is 6.04 Å². The fourth-order valence-electron chi connectivity index (χ4n) is 2.27. The van der Waals surface area contributed by atoms with Crippen LogP contribution in [0.3, 0.4) is 0 Å². The second-order valence-electron chi connectivity index (χ2n) is 4.89. The van der Waals surface area contributed by atoms with E-state index in [2.05, 4.69) is 54.5 Å². The topological polar surface area (TPSA) is 24.9 Å². The normalized spacial score (nSPS) is 12.6. The van der Waals surface area contributed by atoms with Crippen LogP contribution in [-0.2, 0) is 6.42 Å². The molecule has 1 heterocycles. The number of hydrogen-bond donors (Lipinski definition) is 1. The number of hydrogen-bond acceptors (Lipinski definition) is 3. The van der Waals surface area contributed by atoms with Crippen LogP contribution in [-0.4, -0.2) is 12.0 Å². The molecular weight excluding hydrogens is 252 g/mol. The van der Waals surface area contributed by atoms with Gasteiger partial charge in [0.1, 0.15) is 0 Å². The summed E-state index contributed by atoms with van der Waals surface area (Å²) in [6.07, 6.45) is 3.41. The van der Waals surface area contributed by atoms with Gasteiger partial charge in [0.25, 0.3) is 0 Å². The van der Waals surface area contributed by atoms with Gasteiger partial charge in [-0.3, -0.25) is 0 Å². The summed E-state index contributed by atoms with van der Waals surface area (Å²) in [5, 5.41) is 4.68. The van der Waals surface area contributed by atoms with E-state index in [1.54, 1.807) is 0 Å². The lowest BCUT2D eigenvalue weighted by Gasteiger charge is -2.16. The van der Waals surface area contributed by atoms with Crippen LogP contribution in [0.25, 0.3) is 0 Å². The third-order valence-electron chi connectivity index (χ3n) is 3.51. The van der Waals surface area contributed by atoms with Gasteiger partial charge in [-0.15, -0.1) is 11.3 Å². The van der Waals surface area contributed by atoms with Crippen molar-refractivity contribution in [2.75, 3.05) is 7.05 Å². The highest BCUT2D eigenvalue weighted by atomic mass is 32.1. The average molecular weight is 274 g/mol. The van der Waals surface area contributed by atoms with E-state index in [9.17, 15) is 0 Å². The highest BCUT2D eigenvalue weighted by molar-refractivity contribution is 7.11. The molecule has 1 atom stereocenters. The molecule has 2 aromatic rings. The summed E-state index contributed by atoms with van der Waals surface area (Å²) < 4.78 is 0. The third-order valence-corrected chi connectivity index (χ3v) is 4.64. The van der Waals surface area contributed by atoms with E-state index in [1.165, 1.54) is 27.6 Å². The summed E-state index contributed by atoms with van der Waals surface area (Å²) in [7, 11) is 2.04. The first-order chi connectivity index (χ1) is 9.20. The predicted molar refractivity (Wildman–Crippen MR) is 82.8 cm³/mol. The Labute approximate surface area is 119 Å². The van der Waals surface area contributed by atoms with Crippen molar-refractivity contribution in [1.82, 2.24) is 10.3 Å². The summed E-state index contributed by atoms with van der Waals surface area (Å²) in [5.41, 5.74) is 2.56. The number of nitrogens with zero attached hydrogens (tertiary/aromatic N) is 1. The van der Waals surface area contributed by atoms with Crippen molar-refractivity contribution in [2.24, 2.45) is 0 Å². The Morgan fingerprint density at radius 1 is 1.21 bits per heavy atom. The predicted octanol–water partition coefficient (Wildman–Crippen LogP) is 4.04. The molecule has 1 aromatic carbocycles. The Kier molecular flexibility index (Phi) is 5.11. The summed E-state index contributed by atoms with van der Waals surface area (Å²) in [6.45, 7) is 4.24. The van der Waals surface area contributed by atoms with Gasteiger partial charge in [0, 0.05) is 10.9 Å². The van der Waals surface area contributed by atoms with Crippen molar-refractivity contribution in [3.8, 4) is 0 Å². The summed E-state index contributed by atoms with van der Waals surface area (Å²) in [4.78, 5) is 5.95.